The molecule has 2 aromatic carbocycles. The van der Waals surface area contributed by atoms with E-state index in [0.29, 0.717) is 12.1 Å². The predicted octanol–water partition coefficient (Wildman–Crippen LogP) is 4.00. The Hall–Kier alpha value is -2.99. The van der Waals surface area contributed by atoms with Crippen LogP contribution in [0.1, 0.15) is 6.42 Å². The third-order valence-electron chi connectivity index (χ3n) is 4.56. The molecule has 1 amide bonds. The summed E-state index contributed by atoms with van der Waals surface area (Å²) in [5, 5.41) is 2.91. The van der Waals surface area contributed by atoms with Crippen LogP contribution in [0.25, 0.3) is 16.6 Å². The molecule has 1 N–H and O–H groups in total. The molecule has 5 nitrogen and oxygen atoms in total. The number of carbonyl (C=O) groups is 1. The molecule has 0 aliphatic carbocycles. The van der Waals surface area contributed by atoms with E-state index in [4.69, 9.17) is 0 Å². The van der Waals surface area contributed by atoms with E-state index >= 15 is 0 Å². The third kappa shape index (κ3) is 3.36. The number of amides is 1. The summed E-state index contributed by atoms with van der Waals surface area (Å²) in [5.74, 6) is -0.112. The van der Waals surface area contributed by atoms with Crippen molar-refractivity contribution in [1.29, 1.82) is 0 Å². The summed E-state index contributed by atoms with van der Waals surface area (Å²) in [6, 6.07) is 19.1. The zero-order valence-electron chi connectivity index (χ0n) is 14.9. The normalized spacial score (nSPS) is 11.1. The van der Waals surface area contributed by atoms with E-state index < -0.39 is 0 Å². The second-order valence-corrected chi connectivity index (χ2v) is 7.12. The van der Waals surface area contributed by atoms with Crippen molar-refractivity contribution < 1.29 is 4.79 Å². The van der Waals surface area contributed by atoms with Gasteiger partial charge in [-0.3, -0.25) is 9.59 Å². The summed E-state index contributed by atoms with van der Waals surface area (Å²) in [7, 11) is 0. The van der Waals surface area contributed by atoms with E-state index in [1.807, 2.05) is 71.5 Å². The lowest BCUT2D eigenvalue weighted by Crippen LogP contribution is -2.25. The van der Waals surface area contributed by atoms with Gasteiger partial charge in [0.15, 0.2) is 0 Å². The van der Waals surface area contributed by atoms with E-state index in [2.05, 4.69) is 5.32 Å². The summed E-state index contributed by atoms with van der Waals surface area (Å²) in [5.41, 5.74) is 3.07. The van der Waals surface area contributed by atoms with Gasteiger partial charge in [0.1, 0.15) is 5.52 Å². The van der Waals surface area contributed by atoms with Gasteiger partial charge in [-0.1, -0.05) is 18.2 Å². The lowest BCUT2D eigenvalue weighted by Gasteiger charge is -2.13. The molecule has 0 atom stereocenters. The molecule has 136 valence electrons. The number of benzene rings is 2. The van der Waals surface area contributed by atoms with Gasteiger partial charge in [0.2, 0.25) is 5.91 Å². The number of rotatable bonds is 5. The maximum Gasteiger partial charge on any atom is 0.275 e. The highest BCUT2D eigenvalue weighted by atomic mass is 32.2. The van der Waals surface area contributed by atoms with Crippen LogP contribution in [-0.4, -0.2) is 21.1 Å². The number of aromatic nitrogens is 2. The lowest BCUT2D eigenvalue weighted by atomic mass is 10.2. The van der Waals surface area contributed by atoms with Crippen molar-refractivity contribution in [2.45, 2.75) is 17.9 Å². The maximum absolute atomic E-state index is 12.9. The van der Waals surface area contributed by atoms with Gasteiger partial charge < -0.3 is 14.3 Å². The number of aryl methyl sites for hydroxylation is 1. The zero-order chi connectivity index (χ0) is 18.8. The molecule has 0 aliphatic rings. The molecule has 0 aliphatic heterocycles. The maximum atomic E-state index is 12.9. The van der Waals surface area contributed by atoms with Crippen molar-refractivity contribution in [2.24, 2.45) is 0 Å². The highest BCUT2D eigenvalue weighted by Gasteiger charge is 2.11. The van der Waals surface area contributed by atoms with E-state index in [1.54, 1.807) is 22.4 Å². The Labute approximate surface area is 160 Å². The van der Waals surface area contributed by atoms with Crippen molar-refractivity contribution in [1.82, 2.24) is 8.97 Å². The summed E-state index contributed by atoms with van der Waals surface area (Å²) >= 11 is 1.63. The summed E-state index contributed by atoms with van der Waals surface area (Å²) in [6.45, 7) is 0.328. The molecule has 4 aromatic rings. The minimum absolute atomic E-state index is 0.0871. The Kier molecular flexibility index (Phi) is 4.73. The van der Waals surface area contributed by atoms with Crippen LogP contribution >= 0.6 is 11.8 Å². The van der Waals surface area contributed by atoms with E-state index in [9.17, 15) is 9.59 Å². The molecule has 6 heteroatoms. The van der Waals surface area contributed by atoms with Gasteiger partial charge in [0, 0.05) is 29.7 Å². The van der Waals surface area contributed by atoms with Crippen LogP contribution in [-0.2, 0) is 11.3 Å². The summed E-state index contributed by atoms with van der Waals surface area (Å²) in [4.78, 5) is 26.4. The first-order chi connectivity index (χ1) is 13.2. The zero-order valence-corrected chi connectivity index (χ0v) is 15.7. The van der Waals surface area contributed by atoms with Gasteiger partial charge in [-0.25, -0.2) is 0 Å². The molecule has 4 rings (SSSR count). The van der Waals surface area contributed by atoms with Crippen molar-refractivity contribution >= 4 is 39.9 Å². The fraction of sp³-hybridized carbons (Fsp3) is 0.143. The third-order valence-corrected chi connectivity index (χ3v) is 5.29. The van der Waals surface area contributed by atoms with Crippen LogP contribution in [0.2, 0.25) is 0 Å². The van der Waals surface area contributed by atoms with Crippen LogP contribution in [0.3, 0.4) is 0 Å². The molecule has 2 heterocycles. The van der Waals surface area contributed by atoms with Gasteiger partial charge >= 0.3 is 0 Å². The topological polar surface area (TPSA) is 55.5 Å². The molecule has 0 unspecified atom stereocenters. The minimum Gasteiger partial charge on any atom is -0.326 e. The van der Waals surface area contributed by atoms with Crippen LogP contribution < -0.4 is 10.9 Å². The van der Waals surface area contributed by atoms with Gasteiger partial charge in [0.05, 0.1) is 11.0 Å². The average molecular weight is 377 g/mol. The first-order valence-electron chi connectivity index (χ1n) is 8.70. The minimum atomic E-state index is -0.112. The Morgan fingerprint density at radius 2 is 1.78 bits per heavy atom. The second-order valence-electron chi connectivity index (χ2n) is 6.24. The Balaban J connectivity index is 1.60. The molecule has 2 aromatic heterocycles. The summed E-state index contributed by atoms with van der Waals surface area (Å²) in [6.07, 6.45) is 4.11. The van der Waals surface area contributed by atoms with Crippen LogP contribution in [0.4, 0.5) is 5.69 Å². The number of thioether (sulfide) groups is 1. The van der Waals surface area contributed by atoms with Crippen molar-refractivity contribution in [3.05, 3.63) is 77.2 Å². The average Bonchev–Trinajstić information content (AvgIpc) is 3.18. The van der Waals surface area contributed by atoms with Crippen molar-refractivity contribution in [3.63, 3.8) is 0 Å². The monoisotopic (exact) mass is 377 g/mol. The second kappa shape index (κ2) is 7.32. The number of nitrogens with one attached hydrogen (secondary N) is 1. The molecule has 0 saturated carbocycles. The lowest BCUT2D eigenvalue weighted by molar-refractivity contribution is -0.116. The highest BCUT2D eigenvalue weighted by molar-refractivity contribution is 7.98. The van der Waals surface area contributed by atoms with E-state index in [-0.39, 0.29) is 17.9 Å². The summed E-state index contributed by atoms with van der Waals surface area (Å²) < 4.78 is 3.57. The van der Waals surface area contributed by atoms with Crippen LogP contribution in [0.5, 0.6) is 0 Å². The molecule has 0 saturated heterocycles. The number of nitrogens with zero attached hydrogens (tertiary/aromatic N) is 2. The fourth-order valence-corrected chi connectivity index (χ4v) is 3.73. The number of carbonyl (C=O) groups excluding carboxylic acids is 1. The number of fused-ring (bicyclic) bond motifs is 3. The first kappa shape index (κ1) is 17.4. The predicted molar refractivity (Wildman–Crippen MR) is 111 cm³/mol. The SMILES string of the molecule is CSc1cccc(NC(=O)CCn2c(=O)c3cccn3c3ccccc32)c1. The number of hydrogen-bond donors (Lipinski definition) is 1. The van der Waals surface area contributed by atoms with Crippen molar-refractivity contribution in [3.8, 4) is 0 Å². The smallest absolute Gasteiger partial charge is 0.275 e. The van der Waals surface area contributed by atoms with E-state index in [0.717, 1.165) is 21.6 Å². The molecule has 0 fully saturated rings. The van der Waals surface area contributed by atoms with Gasteiger partial charge in [-0.15, -0.1) is 11.8 Å². The molecular formula is C21H19N3O2S. The van der Waals surface area contributed by atoms with Gasteiger partial charge in [-0.05, 0) is 48.7 Å². The van der Waals surface area contributed by atoms with Gasteiger partial charge in [-0.2, -0.15) is 0 Å². The highest BCUT2D eigenvalue weighted by Crippen LogP contribution is 2.19. The molecule has 0 spiro atoms. The largest absolute Gasteiger partial charge is 0.326 e. The molecule has 0 bridgehead atoms. The Morgan fingerprint density at radius 3 is 2.59 bits per heavy atom. The standard InChI is InChI=1S/C21H19N3O2S/c1-27-16-7-4-6-15(14-16)22-20(25)11-13-24-18-9-3-2-8-17(18)23-12-5-10-19(23)21(24)26/h2-10,12,14H,11,13H2,1H3,(H,22,25). The molecule has 27 heavy (non-hydrogen) atoms. The molecular weight excluding hydrogens is 358 g/mol. The quantitative estimate of drug-likeness (QED) is 0.535. The Bertz CT molecular complexity index is 1190. The first-order valence-corrected chi connectivity index (χ1v) is 9.92. The number of para-hydroxylation sites is 2. The van der Waals surface area contributed by atoms with Crippen LogP contribution in [0, 0.1) is 0 Å². The molecule has 0 radical (unpaired) electrons. The fourth-order valence-electron chi connectivity index (χ4n) is 3.27. The van der Waals surface area contributed by atoms with Gasteiger partial charge in [0.25, 0.3) is 5.56 Å². The Morgan fingerprint density at radius 1 is 1.00 bits per heavy atom. The number of anilines is 1. The van der Waals surface area contributed by atoms with Crippen LogP contribution in [0.15, 0.2) is 76.6 Å². The number of hydrogen-bond acceptors (Lipinski definition) is 3. The van der Waals surface area contributed by atoms with E-state index in [1.165, 1.54) is 0 Å². The van der Waals surface area contributed by atoms with Crippen molar-refractivity contribution in [2.75, 3.05) is 11.6 Å².